The SMILES string of the molecule is CC(C)OC(=O)/C(C#N)=C/c1ccc(C(=O)O)n1C. The quantitative estimate of drug-likeness (QED) is 0.505. The van der Waals surface area contributed by atoms with Crippen LogP contribution in [0.2, 0.25) is 0 Å². The first kappa shape index (κ1) is 14.5. The van der Waals surface area contributed by atoms with E-state index >= 15 is 0 Å². The van der Waals surface area contributed by atoms with Gasteiger partial charge in [0.05, 0.1) is 6.10 Å². The Kier molecular flexibility index (Phi) is 4.48. The number of carboxylic acids is 1. The van der Waals surface area contributed by atoms with E-state index in [2.05, 4.69) is 0 Å². The van der Waals surface area contributed by atoms with Crippen LogP contribution in [0, 0.1) is 11.3 Å². The highest BCUT2D eigenvalue weighted by Gasteiger charge is 2.15. The van der Waals surface area contributed by atoms with Gasteiger partial charge in [-0.3, -0.25) is 0 Å². The van der Waals surface area contributed by atoms with E-state index in [0.29, 0.717) is 5.69 Å². The van der Waals surface area contributed by atoms with E-state index in [9.17, 15) is 9.59 Å². The maximum atomic E-state index is 11.6. The Hall–Kier alpha value is -2.55. The smallest absolute Gasteiger partial charge is 0.352 e. The molecule has 0 aromatic carbocycles. The summed E-state index contributed by atoms with van der Waals surface area (Å²) in [5, 5.41) is 17.8. The van der Waals surface area contributed by atoms with Gasteiger partial charge in [-0.1, -0.05) is 0 Å². The topological polar surface area (TPSA) is 92.3 Å². The van der Waals surface area contributed by atoms with Crippen molar-refractivity contribution in [1.29, 1.82) is 5.26 Å². The summed E-state index contributed by atoms with van der Waals surface area (Å²) in [6.07, 6.45) is 0.976. The van der Waals surface area contributed by atoms with Gasteiger partial charge in [-0.25, -0.2) is 9.59 Å². The molecule has 19 heavy (non-hydrogen) atoms. The monoisotopic (exact) mass is 262 g/mol. The zero-order valence-corrected chi connectivity index (χ0v) is 10.9. The van der Waals surface area contributed by atoms with E-state index in [-0.39, 0.29) is 17.4 Å². The van der Waals surface area contributed by atoms with E-state index in [4.69, 9.17) is 15.1 Å². The maximum Gasteiger partial charge on any atom is 0.352 e. The molecule has 0 unspecified atom stereocenters. The van der Waals surface area contributed by atoms with Crippen LogP contribution >= 0.6 is 0 Å². The average Bonchev–Trinajstić information content (AvgIpc) is 2.66. The van der Waals surface area contributed by atoms with E-state index in [0.717, 1.165) is 0 Å². The highest BCUT2D eigenvalue weighted by molar-refractivity contribution is 5.98. The van der Waals surface area contributed by atoms with Crippen molar-refractivity contribution in [2.75, 3.05) is 0 Å². The van der Waals surface area contributed by atoms with Crippen LogP contribution in [0.3, 0.4) is 0 Å². The van der Waals surface area contributed by atoms with Crippen LogP contribution in [-0.2, 0) is 16.6 Å². The number of hydrogen-bond acceptors (Lipinski definition) is 4. The number of carboxylic acid groups (broad SMARTS) is 1. The largest absolute Gasteiger partial charge is 0.477 e. The summed E-state index contributed by atoms with van der Waals surface area (Å²) in [7, 11) is 1.54. The van der Waals surface area contributed by atoms with Gasteiger partial charge in [-0.15, -0.1) is 0 Å². The summed E-state index contributed by atoms with van der Waals surface area (Å²) in [6, 6.07) is 4.66. The second-order valence-electron chi connectivity index (χ2n) is 4.13. The highest BCUT2D eigenvalue weighted by Crippen LogP contribution is 2.12. The van der Waals surface area contributed by atoms with E-state index in [1.807, 2.05) is 0 Å². The molecule has 6 nitrogen and oxygen atoms in total. The number of aromatic nitrogens is 1. The molecule has 0 spiro atoms. The summed E-state index contributed by atoms with van der Waals surface area (Å²) in [5.74, 6) is -1.80. The van der Waals surface area contributed by atoms with Gasteiger partial charge in [0.15, 0.2) is 0 Å². The van der Waals surface area contributed by atoms with E-state index < -0.39 is 11.9 Å². The molecule has 0 radical (unpaired) electrons. The molecule has 0 amide bonds. The van der Waals surface area contributed by atoms with E-state index in [1.165, 1.54) is 29.8 Å². The Morgan fingerprint density at radius 3 is 2.53 bits per heavy atom. The van der Waals surface area contributed by atoms with Gasteiger partial charge in [0.1, 0.15) is 17.3 Å². The average molecular weight is 262 g/mol. The molecule has 0 aliphatic rings. The van der Waals surface area contributed by atoms with Crippen molar-refractivity contribution in [3.05, 3.63) is 29.1 Å². The fourth-order valence-corrected chi connectivity index (χ4v) is 1.45. The van der Waals surface area contributed by atoms with Crippen LogP contribution in [0.1, 0.15) is 30.0 Å². The van der Waals surface area contributed by atoms with Crippen LogP contribution < -0.4 is 0 Å². The number of rotatable bonds is 4. The Morgan fingerprint density at radius 1 is 1.47 bits per heavy atom. The van der Waals surface area contributed by atoms with Crippen molar-refractivity contribution in [3.8, 4) is 6.07 Å². The fourth-order valence-electron chi connectivity index (χ4n) is 1.45. The molecule has 0 bridgehead atoms. The van der Waals surface area contributed by atoms with Crippen molar-refractivity contribution < 1.29 is 19.4 Å². The Balaban J connectivity index is 3.09. The van der Waals surface area contributed by atoms with Gasteiger partial charge in [-0.05, 0) is 32.1 Å². The third-order valence-electron chi connectivity index (χ3n) is 2.36. The molecule has 0 fully saturated rings. The van der Waals surface area contributed by atoms with Gasteiger partial charge in [0, 0.05) is 12.7 Å². The molecule has 6 heteroatoms. The second-order valence-corrected chi connectivity index (χ2v) is 4.13. The number of carbonyl (C=O) groups is 2. The number of hydrogen-bond donors (Lipinski definition) is 1. The number of carbonyl (C=O) groups excluding carboxylic acids is 1. The molecule has 1 aromatic rings. The number of aromatic carboxylic acids is 1. The van der Waals surface area contributed by atoms with Crippen LogP contribution in [0.15, 0.2) is 17.7 Å². The molecule has 0 saturated heterocycles. The molecule has 1 heterocycles. The van der Waals surface area contributed by atoms with Gasteiger partial charge < -0.3 is 14.4 Å². The minimum atomic E-state index is -1.08. The van der Waals surface area contributed by atoms with Crippen LogP contribution in [0.25, 0.3) is 6.08 Å². The minimum Gasteiger partial charge on any atom is -0.477 e. The normalized spacial score (nSPS) is 11.2. The molecule has 0 saturated carbocycles. The lowest BCUT2D eigenvalue weighted by molar-refractivity contribution is -0.142. The lowest BCUT2D eigenvalue weighted by Crippen LogP contribution is -2.13. The number of nitriles is 1. The molecule has 1 aromatic heterocycles. The van der Waals surface area contributed by atoms with Crippen molar-refractivity contribution in [2.45, 2.75) is 20.0 Å². The van der Waals surface area contributed by atoms with Crippen LogP contribution in [0.5, 0.6) is 0 Å². The third-order valence-corrected chi connectivity index (χ3v) is 2.36. The Morgan fingerprint density at radius 2 is 2.11 bits per heavy atom. The molecule has 100 valence electrons. The predicted octanol–water partition coefficient (Wildman–Crippen LogP) is 1.58. The zero-order chi connectivity index (χ0) is 14.6. The molecule has 1 N–H and O–H groups in total. The summed E-state index contributed by atoms with van der Waals surface area (Å²) >= 11 is 0. The first-order valence-corrected chi connectivity index (χ1v) is 5.58. The van der Waals surface area contributed by atoms with Gasteiger partial charge in [-0.2, -0.15) is 5.26 Å². The Labute approximate surface area is 110 Å². The molecule has 0 aliphatic carbocycles. The lowest BCUT2D eigenvalue weighted by atomic mass is 10.2. The molecule has 0 aliphatic heterocycles. The van der Waals surface area contributed by atoms with Crippen molar-refractivity contribution in [1.82, 2.24) is 4.57 Å². The van der Waals surface area contributed by atoms with Crippen LogP contribution in [0.4, 0.5) is 0 Å². The van der Waals surface area contributed by atoms with Crippen molar-refractivity contribution >= 4 is 18.0 Å². The fraction of sp³-hybridized carbons (Fsp3) is 0.308. The van der Waals surface area contributed by atoms with E-state index in [1.54, 1.807) is 19.9 Å². The summed E-state index contributed by atoms with van der Waals surface area (Å²) in [5.41, 5.74) is 0.335. The van der Waals surface area contributed by atoms with Crippen molar-refractivity contribution in [3.63, 3.8) is 0 Å². The van der Waals surface area contributed by atoms with Gasteiger partial charge >= 0.3 is 11.9 Å². The zero-order valence-electron chi connectivity index (χ0n) is 10.9. The number of nitrogens with zero attached hydrogens (tertiary/aromatic N) is 2. The molecular formula is C13H14N2O4. The predicted molar refractivity (Wildman–Crippen MR) is 67.2 cm³/mol. The third kappa shape index (κ3) is 3.45. The molecule has 0 atom stereocenters. The van der Waals surface area contributed by atoms with Gasteiger partial charge in [0.2, 0.25) is 0 Å². The summed E-state index contributed by atoms with van der Waals surface area (Å²) < 4.78 is 6.29. The maximum absolute atomic E-state index is 11.6. The van der Waals surface area contributed by atoms with Crippen LogP contribution in [-0.4, -0.2) is 27.7 Å². The highest BCUT2D eigenvalue weighted by atomic mass is 16.5. The molecular weight excluding hydrogens is 248 g/mol. The first-order chi connectivity index (χ1) is 8.86. The minimum absolute atomic E-state index is 0.0702. The first-order valence-electron chi connectivity index (χ1n) is 5.58. The molecule has 1 rings (SSSR count). The van der Waals surface area contributed by atoms with Crippen molar-refractivity contribution in [2.24, 2.45) is 7.05 Å². The Bertz CT molecular complexity index is 576. The summed E-state index contributed by atoms with van der Waals surface area (Å²) in [4.78, 5) is 22.5. The summed E-state index contributed by atoms with van der Waals surface area (Å²) in [6.45, 7) is 3.36. The standard InChI is InChI=1S/C13H14N2O4/c1-8(2)19-13(18)9(7-14)6-10-4-5-11(12(16)17)15(10)3/h4-6,8H,1-3H3,(H,16,17)/b9-6+. The number of esters is 1. The number of ether oxygens (including phenoxy) is 1. The second kappa shape index (κ2) is 5.87. The lowest BCUT2D eigenvalue weighted by Gasteiger charge is -2.07. The van der Waals surface area contributed by atoms with Gasteiger partial charge in [0.25, 0.3) is 0 Å².